The number of benzene rings is 1. The largest absolute Gasteiger partial charge is 0.437 e. The van der Waals surface area contributed by atoms with Gasteiger partial charge in [0, 0.05) is 0 Å². The molecule has 84 valence electrons. The summed E-state index contributed by atoms with van der Waals surface area (Å²) in [6, 6.07) is 5.94. The minimum absolute atomic E-state index is 0.0609. The smallest absolute Gasteiger partial charge is 0.391 e. The topological polar surface area (TPSA) is 74.0 Å². The van der Waals surface area contributed by atoms with Crippen molar-refractivity contribution in [1.82, 2.24) is 9.78 Å². The minimum Gasteiger partial charge on any atom is -0.391 e. The van der Waals surface area contributed by atoms with Crippen LogP contribution in [0.2, 0.25) is 0 Å². The maximum absolute atomic E-state index is 12.9. The number of rotatable bonds is 3. The second kappa shape index (κ2) is 4.28. The van der Waals surface area contributed by atoms with Gasteiger partial charge in [0.2, 0.25) is 5.89 Å². The van der Waals surface area contributed by atoms with Crippen LogP contribution in [0, 0.1) is 5.82 Å². The maximum Gasteiger partial charge on any atom is 0.437 e. The second-order valence-electron chi connectivity index (χ2n) is 3.25. The van der Waals surface area contributed by atoms with Gasteiger partial charge in [0.15, 0.2) is 0 Å². The van der Waals surface area contributed by atoms with Gasteiger partial charge in [-0.2, -0.15) is 4.68 Å². The van der Waals surface area contributed by atoms with Gasteiger partial charge in [0.1, 0.15) is 5.82 Å². The van der Waals surface area contributed by atoms with E-state index in [0.29, 0.717) is 5.56 Å². The molecule has 0 fully saturated rings. The molecule has 0 aliphatic heterocycles. The third kappa shape index (κ3) is 2.17. The van der Waals surface area contributed by atoms with Crippen LogP contribution >= 0.6 is 0 Å². The molecule has 0 atom stereocenters. The van der Waals surface area contributed by atoms with Crippen molar-refractivity contribution >= 4 is 0 Å². The summed E-state index contributed by atoms with van der Waals surface area (Å²) in [5, 5.41) is 3.84. The van der Waals surface area contributed by atoms with E-state index in [1.165, 1.54) is 12.1 Å². The lowest BCUT2D eigenvalue weighted by Gasteiger charge is -1.98. The molecule has 1 aromatic carbocycles. The number of halogens is 1. The summed E-state index contributed by atoms with van der Waals surface area (Å²) in [6.07, 6.45) is 0. The number of hydrogen-bond acceptors (Lipinski definition) is 4. The molecule has 2 aromatic rings. The van der Waals surface area contributed by atoms with Gasteiger partial charge < -0.3 is 10.2 Å². The molecular weight excluding hydrogens is 213 g/mol. The Morgan fingerprint density at radius 2 is 2.31 bits per heavy atom. The lowest BCUT2D eigenvalue weighted by atomic mass is 10.2. The predicted octanol–water partition coefficient (Wildman–Crippen LogP) is 0.482. The highest BCUT2D eigenvalue weighted by Gasteiger charge is 2.06. The maximum atomic E-state index is 12.9. The first-order chi connectivity index (χ1) is 7.69. The van der Waals surface area contributed by atoms with Crippen LogP contribution in [-0.2, 0) is 13.1 Å². The molecule has 0 spiro atoms. The predicted molar refractivity (Wildman–Crippen MR) is 54.2 cm³/mol. The van der Waals surface area contributed by atoms with Crippen LogP contribution in [0.4, 0.5) is 4.39 Å². The standard InChI is InChI=1S/C10H10FN3O2/c11-8-3-1-2-7(4-8)6-14-10(15)16-9(5-12)13-14/h1-4H,5-6,12H2. The highest BCUT2D eigenvalue weighted by atomic mass is 19.1. The number of aromatic nitrogens is 2. The molecule has 5 nitrogen and oxygen atoms in total. The summed E-state index contributed by atoms with van der Waals surface area (Å²) in [4.78, 5) is 11.3. The van der Waals surface area contributed by atoms with E-state index in [-0.39, 0.29) is 24.8 Å². The average molecular weight is 223 g/mol. The van der Waals surface area contributed by atoms with E-state index in [2.05, 4.69) is 5.10 Å². The van der Waals surface area contributed by atoms with Gasteiger partial charge in [-0.05, 0) is 17.7 Å². The molecule has 0 amide bonds. The van der Waals surface area contributed by atoms with E-state index in [1.807, 2.05) is 0 Å². The summed E-state index contributed by atoms with van der Waals surface area (Å²) >= 11 is 0. The Labute approximate surface area is 90.3 Å². The highest BCUT2D eigenvalue weighted by Crippen LogP contribution is 2.04. The molecule has 0 aliphatic carbocycles. The SMILES string of the molecule is NCc1nn(Cc2cccc(F)c2)c(=O)o1. The van der Waals surface area contributed by atoms with Crippen LogP contribution in [0.5, 0.6) is 0 Å². The molecule has 16 heavy (non-hydrogen) atoms. The fourth-order valence-electron chi connectivity index (χ4n) is 1.34. The Morgan fingerprint density at radius 3 is 2.94 bits per heavy atom. The molecule has 2 N–H and O–H groups in total. The minimum atomic E-state index is -0.593. The zero-order valence-electron chi connectivity index (χ0n) is 8.39. The molecule has 0 bridgehead atoms. The fraction of sp³-hybridized carbons (Fsp3) is 0.200. The van der Waals surface area contributed by atoms with Gasteiger partial charge in [-0.1, -0.05) is 12.1 Å². The fourth-order valence-corrected chi connectivity index (χ4v) is 1.34. The third-order valence-electron chi connectivity index (χ3n) is 2.04. The Bertz CT molecular complexity index is 547. The van der Waals surface area contributed by atoms with Gasteiger partial charge in [0.25, 0.3) is 0 Å². The van der Waals surface area contributed by atoms with Gasteiger partial charge in [0.05, 0.1) is 13.1 Å². The van der Waals surface area contributed by atoms with E-state index in [4.69, 9.17) is 10.2 Å². The molecule has 0 unspecified atom stereocenters. The lowest BCUT2D eigenvalue weighted by Crippen LogP contribution is -2.16. The van der Waals surface area contributed by atoms with Crippen molar-refractivity contribution in [3.63, 3.8) is 0 Å². The molecule has 1 heterocycles. The van der Waals surface area contributed by atoms with Crippen LogP contribution in [-0.4, -0.2) is 9.78 Å². The summed E-state index contributed by atoms with van der Waals surface area (Å²) in [5.41, 5.74) is 5.92. The normalized spacial score (nSPS) is 10.6. The van der Waals surface area contributed by atoms with Crippen LogP contribution in [0.15, 0.2) is 33.5 Å². The van der Waals surface area contributed by atoms with Crippen molar-refractivity contribution < 1.29 is 8.81 Å². The molecule has 6 heteroatoms. The first-order valence-corrected chi connectivity index (χ1v) is 4.70. The summed E-state index contributed by atoms with van der Waals surface area (Å²) in [6.45, 7) is 0.228. The summed E-state index contributed by atoms with van der Waals surface area (Å²) in [7, 11) is 0. The molecule has 0 aliphatic rings. The van der Waals surface area contributed by atoms with E-state index in [1.54, 1.807) is 12.1 Å². The van der Waals surface area contributed by atoms with E-state index in [9.17, 15) is 9.18 Å². The molecule has 1 aromatic heterocycles. The first kappa shape index (κ1) is 10.6. The van der Waals surface area contributed by atoms with Gasteiger partial charge in [-0.25, -0.2) is 9.18 Å². The molecular formula is C10H10FN3O2. The third-order valence-corrected chi connectivity index (χ3v) is 2.04. The monoisotopic (exact) mass is 223 g/mol. The van der Waals surface area contributed by atoms with Gasteiger partial charge >= 0.3 is 5.76 Å². The Morgan fingerprint density at radius 1 is 1.50 bits per heavy atom. The Hall–Kier alpha value is -1.95. The van der Waals surface area contributed by atoms with E-state index < -0.39 is 5.76 Å². The zero-order valence-corrected chi connectivity index (χ0v) is 8.39. The van der Waals surface area contributed by atoms with Crippen LogP contribution in [0.25, 0.3) is 0 Å². The van der Waals surface area contributed by atoms with Crippen molar-refractivity contribution in [2.24, 2.45) is 5.73 Å². The van der Waals surface area contributed by atoms with Crippen molar-refractivity contribution in [1.29, 1.82) is 0 Å². The van der Waals surface area contributed by atoms with Crippen LogP contribution in [0.1, 0.15) is 11.5 Å². The van der Waals surface area contributed by atoms with Gasteiger partial charge in [-0.3, -0.25) is 0 Å². The van der Waals surface area contributed by atoms with Crippen molar-refractivity contribution in [2.45, 2.75) is 13.1 Å². The van der Waals surface area contributed by atoms with E-state index in [0.717, 1.165) is 4.68 Å². The highest BCUT2D eigenvalue weighted by molar-refractivity contribution is 5.16. The molecule has 0 saturated carbocycles. The Kier molecular flexibility index (Phi) is 2.82. The summed E-state index contributed by atoms with van der Waals surface area (Å²) < 4.78 is 18.7. The molecule has 0 saturated heterocycles. The van der Waals surface area contributed by atoms with Gasteiger partial charge in [-0.15, -0.1) is 5.10 Å². The molecule has 2 rings (SSSR count). The molecule has 0 radical (unpaired) electrons. The van der Waals surface area contributed by atoms with Crippen LogP contribution in [0.3, 0.4) is 0 Å². The van der Waals surface area contributed by atoms with Crippen molar-refractivity contribution in [3.05, 3.63) is 52.1 Å². The number of nitrogens with zero attached hydrogens (tertiary/aromatic N) is 2. The van der Waals surface area contributed by atoms with Crippen molar-refractivity contribution in [2.75, 3.05) is 0 Å². The lowest BCUT2D eigenvalue weighted by molar-refractivity contribution is 0.451. The first-order valence-electron chi connectivity index (χ1n) is 4.70. The van der Waals surface area contributed by atoms with Crippen molar-refractivity contribution in [3.8, 4) is 0 Å². The number of nitrogens with two attached hydrogens (primary N) is 1. The average Bonchev–Trinajstić information content (AvgIpc) is 2.60. The summed E-state index contributed by atoms with van der Waals surface area (Å²) in [5.74, 6) is -0.779. The quantitative estimate of drug-likeness (QED) is 0.821. The Balaban J connectivity index is 2.26. The zero-order chi connectivity index (χ0) is 11.5. The second-order valence-corrected chi connectivity index (χ2v) is 3.25. The number of hydrogen-bond donors (Lipinski definition) is 1. The van der Waals surface area contributed by atoms with Crippen LogP contribution < -0.4 is 11.5 Å². The van der Waals surface area contributed by atoms with E-state index >= 15 is 0 Å².